The summed E-state index contributed by atoms with van der Waals surface area (Å²) in [5.74, 6) is 0.258. The highest BCUT2D eigenvalue weighted by Crippen LogP contribution is 2.41. The molecule has 0 aliphatic carbocycles. The fourth-order valence-corrected chi connectivity index (χ4v) is 2.36. The molecule has 0 aliphatic rings. The van der Waals surface area contributed by atoms with Gasteiger partial charge in [0.05, 0.1) is 6.20 Å². The van der Waals surface area contributed by atoms with Gasteiger partial charge < -0.3 is 14.3 Å². The lowest BCUT2D eigenvalue weighted by molar-refractivity contribution is -0.276. The molecule has 0 aliphatic heterocycles. The second kappa shape index (κ2) is 7.53. The highest BCUT2D eigenvalue weighted by Gasteiger charge is 2.49. The number of ether oxygens (including phenoxy) is 1. The second-order valence-electron chi connectivity index (χ2n) is 6.70. The van der Waals surface area contributed by atoms with Gasteiger partial charge >= 0.3 is 6.11 Å². The van der Waals surface area contributed by atoms with Crippen molar-refractivity contribution in [2.24, 2.45) is 4.99 Å². The minimum Gasteiger partial charge on any atom is -0.445 e. The number of hydrogen-bond donors (Lipinski definition) is 1. The number of rotatable bonds is 7. The molecule has 7 heteroatoms. The zero-order valence-electron chi connectivity index (χ0n) is 15.6. The van der Waals surface area contributed by atoms with Crippen molar-refractivity contribution in [2.45, 2.75) is 59.2 Å². The number of benzene rings is 1. The Morgan fingerprint density at radius 3 is 2.58 bits per heavy atom. The fourth-order valence-electron chi connectivity index (χ4n) is 2.36. The van der Waals surface area contributed by atoms with Crippen LogP contribution in [0.15, 0.2) is 34.0 Å². The summed E-state index contributed by atoms with van der Waals surface area (Å²) >= 11 is 0. The minimum atomic E-state index is -3.78. The van der Waals surface area contributed by atoms with Crippen LogP contribution in [0.3, 0.4) is 0 Å². The first kappa shape index (κ1) is 20.0. The van der Waals surface area contributed by atoms with Gasteiger partial charge in [0.25, 0.3) is 0 Å². The van der Waals surface area contributed by atoms with Crippen LogP contribution in [0.4, 0.5) is 14.5 Å². The van der Waals surface area contributed by atoms with Gasteiger partial charge in [0.1, 0.15) is 12.0 Å². The molecule has 0 atom stereocenters. The molecule has 1 aromatic carbocycles. The lowest BCUT2D eigenvalue weighted by atomic mass is 10.0. The van der Waals surface area contributed by atoms with Crippen LogP contribution in [0.25, 0.3) is 11.5 Å². The van der Waals surface area contributed by atoms with E-state index in [-0.39, 0.29) is 11.4 Å². The lowest BCUT2D eigenvalue weighted by Crippen LogP contribution is -2.47. The number of nitrogens with zero attached hydrogens (tertiary/aromatic N) is 2. The van der Waals surface area contributed by atoms with Gasteiger partial charge in [0, 0.05) is 11.3 Å². The Balaban J connectivity index is 2.57. The zero-order valence-corrected chi connectivity index (χ0v) is 15.6. The maximum absolute atomic E-state index is 14.2. The second-order valence-corrected chi connectivity index (χ2v) is 6.70. The molecule has 1 aromatic heterocycles. The van der Waals surface area contributed by atoms with Crippen molar-refractivity contribution in [3.63, 3.8) is 0 Å². The topological polar surface area (TPSA) is 67.8 Å². The molecule has 5 nitrogen and oxygen atoms in total. The summed E-state index contributed by atoms with van der Waals surface area (Å²) in [4.78, 5) is 8.60. The van der Waals surface area contributed by atoms with Crippen LogP contribution in [-0.2, 0) is 0 Å². The molecule has 0 radical (unpaired) electrons. The Bertz CT molecular complexity index is 779. The zero-order chi connectivity index (χ0) is 19.5. The highest BCUT2D eigenvalue weighted by molar-refractivity contribution is 5.87. The van der Waals surface area contributed by atoms with Gasteiger partial charge in [0.2, 0.25) is 5.89 Å². The predicted molar refractivity (Wildman–Crippen MR) is 96.2 cm³/mol. The van der Waals surface area contributed by atoms with E-state index >= 15 is 0 Å². The van der Waals surface area contributed by atoms with Crippen LogP contribution >= 0.6 is 0 Å². The highest BCUT2D eigenvalue weighted by atomic mass is 19.3. The van der Waals surface area contributed by atoms with E-state index in [0.29, 0.717) is 17.0 Å². The molecule has 0 spiro atoms. The van der Waals surface area contributed by atoms with E-state index in [4.69, 9.17) is 9.15 Å². The first-order valence-corrected chi connectivity index (χ1v) is 8.43. The molecular formula is C19H24F2N2O3. The van der Waals surface area contributed by atoms with E-state index in [1.165, 1.54) is 18.5 Å². The van der Waals surface area contributed by atoms with Crippen molar-refractivity contribution in [1.29, 1.82) is 0 Å². The largest absolute Gasteiger partial charge is 0.445 e. The molecule has 26 heavy (non-hydrogen) atoms. The Kier molecular flexibility index (Phi) is 5.81. The molecule has 2 aromatic rings. The van der Waals surface area contributed by atoms with Crippen molar-refractivity contribution in [2.75, 3.05) is 0 Å². The third-order valence-electron chi connectivity index (χ3n) is 3.92. The van der Waals surface area contributed by atoms with Crippen molar-refractivity contribution < 1.29 is 23.0 Å². The molecule has 2 rings (SSSR count). The van der Waals surface area contributed by atoms with Crippen LogP contribution in [-0.4, -0.2) is 27.5 Å². The first-order chi connectivity index (χ1) is 12.1. The number of aromatic nitrogens is 1. The summed E-state index contributed by atoms with van der Waals surface area (Å²) in [5.41, 5.74) is -0.0437. The van der Waals surface area contributed by atoms with E-state index in [9.17, 15) is 13.9 Å². The monoisotopic (exact) mass is 366 g/mol. The van der Waals surface area contributed by atoms with E-state index in [1.54, 1.807) is 13.0 Å². The van der Waals surface area contributed by atoms with Crippen molar-refractivity contribution in [1.82, 2.24) is 4.98 Å². The Labute approximate surface area is 151 Å². The predicted octanol–water partition coefficient (Wildman–Crippen LogP) is 5.29. The smallest absolute Gasteiger partial charge is 0.426 e. The molecule has 0 amide bonds. The quantitative estimate of drug-likeness (QED) is 0.677. The molecule has 1 heterocycles. The molecule has 0 fully saturated rings. The Morgan fingerprint density at radius 2 is 2.04 bits per heavy atom. The van der Waals surface area contributed by atoms with Crippen LogP contribution in [0, 0.1) is 6.92 Å². The summed E-state index contributed by atoms with van der Waals surface area (Å²) in [5, 5.41) is 9.70. The summed E-state index contributed by atoms with van der Waals surface area (Å²) in [6.45, 7) is 7.57. The molecule has 142 valence electrons. The average molecular weight is 366 g/mol. The summed E-state index contributed by atoms with van der Waals surface area (Å²) in [6, 6.07) is 2.98. The number of aliphatic hydroxyl groups is 1. The summed E-state index contributed by atoms with van der Waals surface area (Å²) in [6.07, 6.45) is 0.764. The first-order valence-electron chi connectivity index (χ1n) is 8.43. The number of hydrogen-bond acceptors (Lipinski definition) is 5. The maximum atomic E-state index is 14.2. The maximum Gasteiger partial charge on any atom is 0.426 e. The average Bonchev–Trinajstić information content (AvgIpc) is 3.04. The number of halogens is 2. The van der Waals surface area contributed by atoms with Gasteiger partial charge in [-0.15, -0.1) is 0 Å². The van der Waals surface area contributed by atoms with Gasteiger partial charge in [-0.3, -0.25) is 4.99 Å². The fraction of sp³-hybridized carbons (Fsp3) is 0.474. The van der Waals surface area contributed by atoms with Crippen molar-refractivity contribution >= 4 is 11.4 Å². The number of alkyl halides is 2. The van der Waals surface area contributed by atoms with Crippen LogP contribution in [0.1, 0.15) is 46.1 Å². The summed E-state index contributed by atoms with van der Waals surface area (Å²) < 4.78 is 38.7. The van der Waals surface area contributed by atoms with Gasteiger partial charge in [-0.1, -0.05) is 13.3 Å². The van der Waals surface area contributed by atoms with Crippen LogP contribution in [0.5, 0.6) is 5.75 Å². The normalized spacial score (nSPS) is 13.2. The Hall–Kier alpha value is -2.28. The minimum absolute atomic E-state index is 0.111. The SMILES string of the molecule is CCCC(C)=Nc1c(OC(F)(F)C(C)(C)O)ccc(-c2ncco2)c1C. The van der Waals surface area contributed by atoms with Crippen molar-refractivity contribution in [3.8, 4) is 17.2 Å². The molecule has 1 N–H and O–H groups in total. The Morgan fingerprint density at radius 1 is 1.35 bits per heavy atom. The summed E-state index contributed by atoms with van der Waals surface area (Å²) in [7, 11) is 0. The number of aliphatic imine (C=N–C) groups is 1. The third kappa shape index (κ3) is 4.27. The van der Waals surface area contributed by atoms with Gasteiger partial charge in [-0.25, -0.2) is 4.98 Å². The van der Waals surface area contributed by atoms with Gasteiger partial charge in [0.15, 0.2) is 11.4 Å². The molecule has 0 saturated heterocycles. The molecule has 0 saturated carbocycles. The van der Waals surface area contributed by atoms with Gasteiger partial charge in [-0.05, 0) is 51.8 Å². The van der Waals surface area contributed by atoms with E-state index in [0.717, 1.165) is 32.4 Å². The molecule has 0 bridgehead atoms. The number of oxazole rings is 1. The lowest BCUT2D eigenvalue weighted by Gasteiger charge is -2.29. The standard InChI is InChI=1S/C19H24F2N2O3/c1-6-7-12(2)23-16-13(3)14(17-22-10-11-25-17)8-9-15(16)26-19(20,21)18(4,5)24/h8-11,24H,6-7H2,1-5H3. The molecular weight excluding hydrogens is 342 g/mol. The van der Waals surface area contributed by atoms with E-state index < -0.39 is 11.7 Å². The van der Waals surface area contributed by atoms with Crippen LogP contribution < -0.4 is 4.74 Å². The van der Waals surface area contributed by atoms with E-state index in [2.05, 4.69) is 9.98 Å². The van der Waals surface area contributed by atoms with Crippen LogP contribution in [0.2, 0.25) is 0 Å². The third-order valence-corrected chi connectivity index (χ3v) is 3.92. The molecule has 0 unspecified atom stereocenters. The van der Waals surface area contributed by atoms with Crippen molar-refractivity contribution in [3.05, 3.63) is 30.2 Å². The van der Waals surface area contributed by atoms with Gasteiger partial charge in [-0.2, -0.15) is 8.78 Å². The van der Waals surface area contributed by atoms with E-state index in [1.807, 2.05) is 13.8 Å².